The molecule has 0 radical (unpaired) electrons. The van der Waals surface area contributed by atoms with Crippen molar-refractivity contribution in [3.8, 4) is 5.75 Å². The van der Waals surface area contributed by atoms with Crippen molar-refractivity contribution < 1.29 is 9.53 Å². The largest absolute Gasteiger partial charge is 0.495 e. The summed E-state index contributed by atoms with van der Waals surface area (Å²) >= 11 is 0. The molecule has 2 aromatic rings. The number of aromatic nitrogens is 2. The van der Waals surface area contributed by atoms with Crippen molar-refractivity contribution in [2.45, 2.75) is 33.2 Å². The van der Waals surface area contributed by atoms with Crippen LogP contribution in [0.1, 0.15) is 37.0 Å². The van der Waals surface area contributed by atoms with Crippen LogP contribution in [0.5, 0.6) is 5.75 Å². The monoisotopic (exact) mass is 370 g/mol. The number of carbonyl (C=O) groups is 1. The van der Waals surface area contributed by atoms with E-state index < -0.39 is 0 Å². The van der Waals surface area contributed by atoms with Crippen molar-refractivity contribution in [1.82, 2.24) is 14.7 Å². The second-order valence-corrected chi connectivity index (χ2v) is 7.71. The predicted octanol–water partition coefficient (Wildman–Crippen LogP) is 2.98. The van der Waals surface area contributed by atoms with Gasteiger partial charge in [0, 0.05) is 32.7 Å². The standard InChI is InChI=1S/C21H30N4O2/c1-15(2)12-17-13-19(23(4)22-17)21(26)25-11-10-24(14-16(25)3)18-8-6-7-9-20(18)27-5/h6-9,13,15-16H,10-12,14H2,1-5H3/t16-/m0/s1. The number of carbonyl (C=O) groups excluding carboxylic acids is 1. The average Bonchev–Trinajstić information content (AvgIpc) is 3.00. The number of para-hydroxylation sites is 2. The minimum absolute atomic E-state index is 0.0622. The predicted molar refractivity (Wildman–Crippen MR) is 107 cm³/mol. The third-order valence-corrected chi connectivity index (χ3v) is 5.08. The Morgan fingerprint density at radius 2 is 2.04 bits per heavy atom. The lowest BCUT2D eigenvalue weighted by Gasteiger charge is -2.41. The van der Waals surface area contributed by atoms with Gasteiger partial charge in [-0.3, -0.25) is 9.48 Å². The molecule has 1 aromatic carbocycles. The Kier molecular flexibility index (Phi) is 5.73. The van der Waals surface area contributed by atoms with Gasteiger partial charge < -0.3 is 14.5 Å². The van der Waals surface area contributed by atoms with E-state index in [1.807, 2.05) is 36.2 Å². The van der Waals surface area contributed by atoms with E-state index in [2.05, 4.69) is 36.8 Å². The van der Waals surface area contributed by atoms with Crippen LogP contribution in [0, 0.1) is 5.92 Å². The number of rotatable bonds is 5. The summed E-state index contributed by atoms with van der Waals surface area (Å²) in [5.41, 5.74) is 2.73. The highest BCUT2D eigenvalue weighted by molar-refractivity contribution is 5.93. The van der Waals surface area contributed by atoms with Gasteiger partial charge in [0.1, 0.15) is 11.4 Å². The van der Waals surface area contributed by atoms with Crippen LogP contribution in [0.3, 0.4) is 0 Å². The quantitative estimate of drug-likeness (QED) is 0.812. The van der Waals surface area contributed by atoms with Crippen molar-refractivity contribution in [2.75, 3.05) is 31.6 Å². The van der Waals surface area contributed by atoms with Gasteiger partial charge in [-0.15, -0.1) is 0 Å². The molecule has 1 amide bonds. The number of amides is 1. The lowest BCUT2D eigenvalue weighted by molar-refractivity contribution is 0.0662. The highest BCUT2D eigenvalue weighted by Crippen LogP contribution is 2.29. The fourth-order valence-electron chi connectivity index (χ4n) is 3.76. The third kappa shape index (κ3) is 4.10. The van der Waals surface area contributed by atoms with E-state index in [-0.39, 0.29) is 11.9 Å². The van der Waals surface area contributed by atoms with Crippen molar-refractivity contribution in [3.63, 3.8) is 0 Å². The second kappa shape index (κ2) is 8.03. The third-order valence-electron chi connectivity index (χ3n) is 5.08. The van der Waals surface area contributed by atoms with E-state index in [0.29, 0.717) is 18.2 Å². The fourth-order valence-corrected chi connectivity index (χ4v) is 3.76. The molecular formula is C21H30N4O2. The molecule has 0 bridgehead atoms. The first-order valence-electron chi connectivity index (χ1n) is 9.62. The minimum atomic E-state index is 0.0622. The maximum atomic E-state index is 13.1. The topological polar surface area (TPSA) is 50.6 Å². The van der Waals surface area contributed by atoms with Crippen molar-refractivity contribution in [3.05, 3.63) is 41.7 Å². The number of benzene rings is 1. The zero-order chi connectivity index (χ0) is 19.6. The Hall–Kier alpha value is -2.50. The molecule has 0 spiro atoms. The van der Waals surface area contributed by atoms with E-state index in [4.69, 9.17) is 4.74 Å². The van der Waals surface area contributed by atoms with Crippen LogP contribution >= 0.6 is 0 Å². The summed E-state index contributed by atoms with van der Waals surface area (Å²) in [6, 6.07) is 10.1. The molecule has 1 aromatic heterocycles. The Bertz CT molecular complexity index is 799. The molecule has 1 aliphatic rings. The first-order chi connectivity index (χ1) is 12.9. The van der Waals surface area contributed by atoms with Gasteiger partial charge in [0.2, 0.25) is 0 Å². The van der Waals surface area contributed by atoms with Crippen LogP contribution in [0.15, 0.2) is 30.3 Å². The van der Waals surface area contributed by atoms with E-state index in [0.717, 1.165) is 36.6 Å². The smallest absolute Gasteiger partial charge is 0.272 e. The van der Waals surface area contributed by atoms with E-state index >= 15 is 0 Å². The Labute approximate surface area is 161 Å². The lowest BCUT2D eigenvalue weighted by atomic mass is 10.1. The van der Waals surface area contributed by atoms with Gasteiger partial charge in [-0.1, -0.05) is 26.0 Å². The molecule has 146 valence electrons. The number of piperazine rings is 1. The lowest BCUT2D eigenvalue weighted by Crippen LogP contribution is -2.54. The molecule has 0 aliphatic carbocycles. The second-order valence-electron chi connectivity index (χ2n) is 7.71. The maximum Gasteiger partial charge on any atom is 0.272 e. The van der Waals surface area contributed by atoms with Gasteiger partial charge in [-0.05, 0) is 37.5 Å². The molecule has 1 atom stereocenters. The Balaban J connectivity index is 1.73. The molecule has 27 heavy (non-hydrogen) atoms. The van der Waals surface area contributed by atoms with E-state index in [1.165, 1.54) is 0 Å². The van der Waals surface area contributed by atoms with Gasteiger partial charge in [-0.25, -0.2) is 0 Å². The molecule has 6 nitrogen and oxygen atoms in total. The summed E-state index contributed by atoms with van der Waals surface area (Å²) in [6.07, 6.45) is 0.887. The zero-order valence-electron chi connectivity index (χ0n) is 17.0. The number of anilines is 1. The van der Waals surface area contributed by atoms with Crippen LogP contribution in [0.4, 0.5) is 5.69 Å². The normalized spacial score (nSPS) is 17.5. The maximum absolute atomic E-state index is 13.1. The summed E-state index contributed by atoms with van der Waals surface area (Å²) in [5.74, 6) is 1.45. The van der Waals surface area contributed by atoms with Crippen LogP contribution < -0.4 is 9.64 Å². The summed E-state index contributed by atoms with van der Waals surface area (Å²) in [6.45, 7) is 8.67. The van der Waals surface area contributed by atoms with Gasteiger partial charge in [0.15, 0.2) is 0 Å². The molecule has 2 heterocycles. The molecular weight excluding hydrogens is 340 g/mol. The summed E-state index contributed by atoms with van der Waals surface area (Å²) < 4.78 is 7.22. The highest BCUT2D eigenvalue weighted by Gasteiger charge is 2.30. The Morgan fingerprint density at radius 3 is 2.70 bits per heavy atom. The van der Waals surface area contributed by atoms with E-state index in [1.54, 1.807) is 11.8 Å². The fraction of sp³-hybridized carbons (Fsp3) is 0.524. The average molecular weight is 370 g/mol. The number of hydrogen-bond acceptors (Lipinski definition) is 4. The number of ether oxygens (including phenoxy) is 1. The number of methoxy groups -OCH3 is 1. The molecule has 1 fully saturated rings. The molecule has 6 heteroatoms. The molecule has 0 unspecified atom stereocenters. The van der Waals surface area contributed by atoms with Crippen LogP contribution in [-0.2, 0) is 13.5 Å². The molecule has 0 saturated carbocycles. The SMILES string of the molecule is COc1ccccc1N1CCN(C(=O)c2cc(CC(C)C)nn2C)[C@@H](C)C1. The number of aryl methyl sites for hydroxylation is 1. The summed E-state index contributed by atoms with van der Waals surface area (Å²) in [5, 5.41) is 4.52. The molecule has 3 rings (SSSR count). The highest BCUT2D eigenvalue weighted by atomic mass is 16.5. The summed E-state index contributed by atoms with van der Waals surface area (Å²) in [7, 11) is 3.55. The summed E-state index contributed by atoms with van der Waals surface area (Å²) in [4.78, 5) is 17.4. The van der Waals surface area contributed by atoms with Gasteiger partial charge in [0.25, 0.3) is 5.91 Å². The first kappa shape index (κ1) is 19.3. The van der Waals surface area contributed by atoms with Crippen molar-refractivity contribution >= 4 is 11.6 Å². The minimum Gasteiger partial charge on any atom is -0.495 e. The Morgan fingerprint density at radius 1 is 1.30 bits per heavy atom. The number of nitrogens with zero attached hydrogens (tertiary/aromatic N) is 4. The van der Waals surface area contributed by atoms with E-state index in [9.17, 15) is 4.79 Å². The molecule has 0 N–H and O–H groups in total. The van der Waals surface area contributed by atoms with Crippen molar-refractivity contribution in [1.29, 1.82) is 0 Å². The van der Waals surface area contributed by atoms with Crippen LogP contribution in [-0.4, -0.2) is 53.4 Å². The van der Waals surface area contributed by atoms with Gasteiger partial charge in [0.05, 0.1) is 18.5 Å². The molecule has 1 saturated heterocycles. The van der Waals surface area contributed by atoms with Crippen LogP contribution in [0.2, 0.25) is 0 Å². The van der Waals surface area contributed by atoms with Crippen molar-refractivity contribution in [2.24, 2.45) is 13.0 Å². The molecule has 1 aliphatic heterocycles. The number of hydrogen-bond donors (Lipinski definition) is 0. The van der Waals surface area contributed by atoms with Gasteiger partial charge in [-0.2, -0.15) is 5.10 Å². The van der Waals surface area contributed by atoms with Crippen LogP contribution in [0.25, 0.3) is 0 Å². The first-order valence-corrected chi connectivity index (χ1v) is 9.62. The zero-order valence-corrected chi connectivity index (χ0v) is 17.0. The van der Waals surface area contributed by atoms with Gasteiger partial charge >= 0.3 is 0 Å².